The van der Waals surface area contributed by atoms with Gasteiger partial charge in [-0.25, -0.2) is 0 Å². The molecule has 0 amide bonds. The highest BCUT2D eigenvalue weighted by Crippen LogP contribution is 2.22. The van der Waals surface area contributed by atoms with Crippen LogP contribution in [-0.4, -0.2) is 27.0 Å². The van der Waals surface area contributed by atoms with E-state index in [9.17, 15) is 0 Å². The van der Waals surface area contributed by atoms with Crippen LogP contribution in [0.2, 0.25) is 10.6 Å². The van der Waals surface area contributed by atoms with E-state index in [-0.39, 0.29) is 10.6 Å². The number of imidazole rings is 1. The standard InChI is InChI=1S/C6H4Cl2N4O/c1-13-4-2-3(10-5(7)9-2)11-6(8)12-4/h1H3,(H,9,10,11,12). The number of H-pyrrole nitrogens is 1. The first-order chi connectivity index (χ1) is 6.20. The van der Waals surface area contributed by atoms with E-state index in [2.05, 4.69) is 19.9 Å². The fourth-order valence-electron chi connectivity index (χ4n) is 0.966. The Morgan fingerprint density at radius 1 is 1.23 bits per heavy atom. The maximum Gasteiger partial charge on any atom is 0.244 e. The molecule has 0 unspecified atom stereocenters. The average molecular weight is 219 g/mol. The number of hydrogen-bond acceptors (Lipinski definition) is 4. The lowest BCUT2D eigenvalue weighted by Crippen LogP contribution is -1.91. The monoisotopic (exact) mass is 218 g/mol. The maximum atomic E-state index is 5.63. The van der Waals surface area contributed by atoms with Crippen molar-refractivity contribution in [2.75, 3.05) is 7.11 Å². The summed E-state index contributed by atoms with van der Waals surface area (Å²) in [4.78, 5) is 14.3. The Kier molecular flexibility index (Phi) is 1.97. The predicted octanol–water partition coefficient (Wildman–Crippen LogP) is 1.67. The molecule has 68 valence electrons. The second kappa shape index (κ2) is 3.01. The van der Waals surface area contributed by atoms with E-state index in [0.717, 1.165) is 0 Å². The minimum atomic E-state index is 0.0764. The molecular weight excluding hydrogens is 215 g/mol. The Morgan fingerprint density at radius 2 is 2.00 bits per heavy atom. The second-order valence-electron chi connectivity index (χ2n) is 2.23. The highest BCUT2D eigenvalue weighted by Gasteiger charge is 2.10. The van der Waals surface area contributed by atoms with Crippen LogP contribution in [0.15, 0.2) is 0 Å². The summed E-state index contributed by atoms with van der Waals surface area (Å²) in [6.45, 7) is 0. The minimum absolute atomic E-state index is 0.0764. The van der Waals surface area contributed by atoms with Crippen LogP contribution in [0, 0.1) is 0 Å². The smallest absolute Gasteiger partial charge is 0.244 e. The van der Waals surface area contributed by atoms with E-state index in [4.69, 9.17) is 27.9 Å². The molecule has 0 atom stereocenters. The molecule has 0 aliphatic heterocycles. The first-order valence-electron chi connectivity index (χ1n) is 3.33. The summed E-state index contributed by atoms with van der Waals surface area (Å²) in [7, 11) is 1.48. The quantitative estimate of drug-likeness (QED) is 0.585. The van der Waals surface area contributed by atoms with Crippen LogP contribution in [0.1, 0.15) is 0 Å². The normalized spacial score (nSPS) is 10.7. The van der Waals surface area contributed by atoms with Gasteiger partial charge in [-0.05, 0) is 23.2 Å². The zero-order valence-corrected chi connectivity index (χ0v) is 8.02. The van der Waals surface area contributed by atoms with Gasteiger partial charge in [0.25, 0.3) is 0 Å². The van der Waals surface area contributed by atoms with Crippen molar-refractivity contribution in [3.8, 4) is 5.88 Å². The van der Waals surface area contributed by atoms with Crippen LogP contribution >= 0.6 is 23.2 Å². The molecule has 0 saturated carbocycles. The molecule has 2 rings (SSSR count). The van der Waals surface area contributed by atoms with Gasteiger partial charge < -0.3 is 9.72 Å². The van der Waals surface area contributed by atoms with Crippen molar-refractivity contribution >= 4 is 34.4 Å². The first kappa shape index (κ1) is 8.52. The summed E-state index contributed by atoms with van der Waals surface area (Å²) >= 11 is 11.2. The van der Waals surface area contributed by atoms with Gasteiger partial charge in [0, 0.05) is 0 Å². The number of fused-ring (bicyclic) bond motifs is 1. The molecular formula is C6H4Cl2N4O. The number of methoxy groups -OCH3 is 1. The topological polar surface area (TPSA) is 63.7 Å². The van der Waals surface area contributed by atoms with Gasteiger partial charge in [0.15, 0.2) is 5.65 Å². The van der Waals surface area contributed by atoms with E-state index in [1.807, 2.05) is 0 Å². The van der Waals surface area contributed by atoms with Gasteiger partial charge in [0.2, 0.25) is 16.4 Å². The third-order valence-electron chi connectivity index (χ3n) is 1.45. The van der Waals surface area contributed by atoms with Gasteiger partial charge >= 0.3 is 0 Å². The van der Waals surface area contributed by atoms with Crippen LogP contribution in [0.4, 0.5) is 0 Å². The number of nitrogens with one attached hydrogen (secondary N) is 1. The lowest BCUT2D eigenvalue weighted by Gasteiger charge is -1.98. The van der Waals surface area contributed by atoms with E-state index in [0.29, 0.717) is 17.0 Å². The Morgan fingerprint density at radius 3 is 2.69 bits per heavy atom. The summed E-state index contributed by atoms with van der Waals surface area (Å²) < 4.78 is 4.96. The van der Waals surface area contributed by atoms with E-state index < -0.39 is 0 Å². The van der Waals surface area contributed by atoms with Crippen LogP contribution in [0.3, 0.4) is 0 Å². The summed E-state index contributed by atoms with van der Waals surface area (Å²) in [6.07, 6.45) is 0. The van der Waals surface area contributed by atoms with E-state index >= 15 is 0 Å². The average Bonchev–Trinajstić information content (AvgIpc) is 2.43. The first-order valence-corrected chi connectivity index (χ1v) is 4.09. The lowest BCUT2D eigenvalue weighted by atomic mass is 10.5. The van der Waals surface area contributed by atoms with Gasteiger partial charge in [0.05, 0.1) is 7.11 Å². The van der Waals surface area contributed by atoms with Gasteiger partial charge in [-0.15, -0.1) is 0 Å². The number of aromatic nitrogens is 4. The SMILES string of the molecule is COc1nc(Cl)nc2nc(Cl)[nH]c12. The molecule has 0 aliphatic rings. The lowest BCUT2D eigenvalue weighted by molar-refractivity contribution is 0.402. The summed E-state index contributed by atoms with van der Waals surface area (Å²) in [5.74, 6) is 0.328. The zero-order valence-electron chi connectivity index (χ0n) is 6.51. The van der Waals surface area contributed by atoms with Crippen LogP contribution in [0.25, 0.3) is 11.2 Å². The van der Waals surface area contributed by atoms with Gasteiger partial charge in [-0.1, -0.05) is 0 Å². The molecule has 0 aliphatic carbocycles. The van der Waals surface area contributed by atoms with Gasteiger partial charge in [0.1, 0.15) is 5.52 Å². The third-order valence-corrected chi connectivity index (χ3v) is 1.80. The Balaban J connectivity index is 2.80. The van der Waals surface area contributed by atoms with Crippen LogP contribution < -0.4 is 4.74 Å². The number of nitrogens with zero attached hydrogens (tertiary/aromatic N) is 3. The van der Waals surface area contributed by atoms with Crippen molar-refractivity contribution < 1.29 is 4.74 Å². The molecule has 0 aromatic carbocycles. The van der Waals surface area contributed by atoms with Gasteiger partial charge in [-0.2, -0.15) is 15.0 Å². The fraction of sp³-hybridized carbons (Fsp3) is 0.167. The molecule has 1 N–H and O–H groups in total. The zero-order chi connectivity index (χ0) is 9.42. The molecule has 0 saturated heterocycles. The summed E-state index contributed by atoms with van der Waals surface area (Å²) in [5.41, 5.74) is 0.929. The molecule has 0 radical (unpaired) electrons. The molecule has 5 nitrogen and oxygen atoms in total. The predicted molar refractivity (Wildman–Crippen MR) is 48.3 cm³/mol. The largest absolute Gasteiger partial charge is 0.479 e. The van der Waals surface area contributed by atoms with Crippen molar-refractivity contribution in [3.05, 3.63) is 10.6 Å². The van der Waals surface area contributed by atoms with Crippen molar-refractivity contribution in [2.45, 2.75) is 0 Å². The highest BCUT2D eigenvalue weighted by molar-refractivity contribution is 6.29. The summed E-state index contributed by atoms with van der Waals surface area (Å²) in [6, 6.07) is 0. The Labute approximate surface area is 83.1 Å². The fourth-order valence-corrected chi connectivity index (χ4v) is 1.30. The molecule has 0 spiro atoms. The molecule has 2 aromatic heterocycles. The molecule has 2 heterocycles. The second-order valence-corrected chi connectivity index (χ2v) is 2.92. The number of ether oxygens (including phenoxy) is 1. The van der Waals surface area contributed by atoms with Crippen LogP contribution in [-0.2, 0) is 0 Å². The molecule has 0 fully saturated rings. The van der Waals surface area contributed by atoms with Crippen molar-refractivity contribution in [3.63, 3.8) is 0 Å². The highest BCUT2D eigenvalue weighted by atomic mass is 35.5. The van der Waals surface area contributed by atoms with E-state index in [1.54, 1.807) is 0 Å². The van der Waals surface area contributed by atoms with Gasteiger partial charge in [-0.3, -0.25) is 0 Å². The van der Waals surface area contributed by atoms with Crippen molar-refractivity contribution in [1.82, 2.24) is 19.9 Å². The maximum absolute atomic E-state index is 5.63. The van der Waals surface area contributed by atoms with E-state index in [1.165, 1.54) is 7.11 Å². The molecule has 13 heavy (non-hydrogen) atoms. The Hall–Kier alpha value is -1.07. The number of hydrogen-bond donors (Lipinski definition) is 1. The van der Waals surface area contributed by atoms with Crippen LogP contribution in [0.5, 0.6) is 5.88 Å². The summed E-state index contributed by atoms with van der Waals surface area (Å²) in [5, 5.41) is 0.303. The minimum Gasteiger partial charge on any atom is -0.479 e. The molecule has 0 bridgehead atoms. The molecule has 7 heteroatoms. The Bertz CT molecular complexity index is 455. The van der Waals surface area contributed by atoms with Crippen molar-refractivity contribution in [1.29, 1.82) is 0 Å². The van der Waals surface area contributed by atoms with Crippen molar-refractivity contribution in [2.24, 2.45) is 0 Å². The number of rotatable bonds is 1. The third kappa shape index (κ3) is 1.40. The molecule has 2 aromatic rings. The number of halogens is 2. The number of aromatic amines is 1.